The monoisotopic (exact) mass is 405 g/mol. The highest BCUT2D eigenvalue weighted by Gasteiger charge is 2.13. The fourth-order valence-electron chi connectivity index (χ4n) is 1.98. The number of carboxylic acids is 1. The highest BCUT2D eigenvalue weighted by molar-refractivity contribution is 9.10. The van der Waals surface area contributed by atoms with E-state index in [1.165, 1.54) is 22.0 Å². The molecule has 0 spiro atoms. The van der Waals surface area contributed by atoms with E-state index < -0.39 is 5.97 Å². The lowest BCUT2D eigenvalue weighted by molar-refractivity contribution is -0.137. The van der Waals surface area contributed by atoms with Crippen molar-refractivity contribution in [3.05, 3.63) is 42.9 Å². The van der Waals surface area contributed by atoms with Crippen molar-refractivity contribution in [3.63, 3.8) is 0 Å². The lowest BCUT2D eigenvalue weighted by Crippen LogP contribution is -2.01. The van der Waals surface area contributed by atoms with Gasteiger partial charge in [-0.1, -0.05) is 6.07 Å². The summed E-state index contributed by atoms with van der Waals surface area (Å²) in [7, 11) is 0. The fraction of sp³-hybridized carbons (Fsp3) is 0.286. The number of aromatic hydroxyl groups is 1. The predicted molar refractivity (Wildman–Crippen MR) is 88.6 cm³/mol. The van der Waals surface area contributed by atoms with Crippen LogP contribution in [0, 0.1) is 9.77 Å². The zero-order chi connectivity index (χ0) is 16.3. The molecular weight excluding hydrogens is 393 g/mol. The first-order chi connectivity index (χ1) is 10.4. The molecule has 2 N–H and O–H groups in total. The lowest BCUT2D eigenvalue weighted by atomic mass is 10.1. The number of carboxylic acid groups (broad SMARTS) is 1. The summed E-state index contributed by atoms with van der Waals surface area (Å²) in [4.78, 5) is 11.2. The van der Waals surface area contributed by atoms with E-state index in [0.717, 1.165) is 5.56 Å². The molecule has 4 nitrogen and oxygen atoms in total. The van der Waals surface area contributed by atoms with Crippen LogP contribution in [0.15, 0.2) is 22.7 Å². The molecule has 1 heterocycles. The Morgan fingerprint density at radius 2 is 2.18 bits per heavy atom. The van der Waals surface area contributed by atoms with Crippen molar-refractivity contribution < 1.29 is 19.4 Å². The minimum atomic E-state index is -0.877. The number of hydrogen-bond donors (Lipinski definition) is 2. The molecule has 2 rings (SSSR count). The topological polar surface area (TPSA) is 62.5 Å². The highest BCUT2D eigenvalue weighted by atomic mass is 79.9. The summed E-state index contributed by atoms with van der Waals surface area (Å²) in [5.74, 6) is -1.16. The summed E-state index contributed by atoms with van der Waals surface area (Å²) in [5.41, 5.74) is 0.845. The summed E-state index contributed by atoms with van der Waals surface area (Å²) < 4.78 is 15.6. The number of aromatic nitrogens is 1. The number of carbonyl (C=O) groups is 1. The number of benzene rings is 1. The second kappa shape index (κ2) is 7.34. The minimum Gasteiger partial charge on any atom is -0.494 e. The molecule has 0 fully saturated rings. The first-order valence-corrected chi connectivity index (χ1v) is 8.47. The minimum absolute atomic E-state index is 0.0251. The maximum atomic E-state index is 13.2. The third-order valence-corrected chi connectivity index (χ3v) is 5.10. The van der Waals surface area contributed by atoms with Gasteiger partial charge in [-0.2, -0.15) is 0 Å². The van der Waals surface area contributed by atoms with Gasteiger partial charge in [0.1, 0.15) is 5.82 Å². The third kappa shape index (κ3) is 4.15. The normalized spacial score (nSPS) is 10.8. The molecule has 1 aromatic carbocycles. The standard InChI is InChI=1S/C14H13BrFNO3S2/c15-9-6-8(3-4-10(9)16)7-11-13(20)17(14(21)22-11)5-1-2-12(18)19/h3-4,6,20H,1-2,5,7H2,(H,18,19). The van der Waals surface area contributed by atoms with Crippen molar-refractivity contribution in [2.45, 2.75) is 25.8 Å². The average molecular weight is 406 g/mol. The van der Waals surface area contributed by atoms with Crippen LogP contribution in [0.2, 0.25) is 0 Å². The van der Waals surface area contributed by atoms with Crippen LogP contribution in [-0.4, -0.2) is 20.7 Å². The van der Waals surface area contributed by atoms with Crippen LogP contribution in [0.1, 0.15) is 23.3 Å². The molecule has 0 saturated carbocycles. The van der Waals surface area contributed by atoms with Gasteiger partial charge in [0.2, 0.25) is 5.88 Å². The number of thiazole rings is 1. The van der Waals surface area contributed by atoms with Gasteiger partial charge in [-0.15, -0.1) is 11.3 Å². The van der Waals surface area contributed by atoms with Gasteiger partial charge in [0.25, 0.3) is 0 Å². The summed E-state index contributed by atoms with van der Waals surface area (Å²) in [6.45, 7) is 0.362. The van der Waals surface area contributed by atoms with Crippen LogP contribution >= 0.6 is 39.5 Å². The molecular formula is C14H13BrFNO3S2. The Balaban J connectivity index is 2.16. The van der Waals surface area contributed by atoms with Crippen molar-refractivity contribution in [1.82, 2.24) is 4.57 Å². The molecule has 8 heteroatoms. The second-order valence-corrected chi connectivity index (χ2v) is 7.27. The first kappa shape index (κ1) is 17.1. The number of aliphatic carboxylic acids is 1. The zero-order valence-electron chi connectivity index (χ0n) is 11.4. The first-order valence-electron chi connectivity index (χ1n) is 6.45. The second-order valence-electron chi connectivity index (χ2n) is 4.69. The molecule has 0 amide bonds. The van der Waals surface area contributed by atoms with Crippen LogP contribution in [0.25, 0.3) is 0 Å². The van der Waals surface area contributed by atoms with E-state index in [4.69, 9.17) is 17.3 Å². The molecule has 0 aliphatic carbocycles. The smallest absolute Gasteiger partial charge is 0.303 e. The van der Waals surface area contributed by atoms with Crippen LogP contribution in [0.3, 0.4) is 0 Å². The SMILES string of the molecule is O=C(O)CCCn1c(O)c(Cc2ccc(F)c(Br)c2)sc1=S. The van der Waals surface area contributed by atoms with Gasteiger partial charge in [0.15, 0.2) is 3.95 Å². The molecule has 0 aliphatic rings. The number of nitrogens with zero attached hydrogens (tertiary/aromatic N) is 1. The van der Waals surface area contributed by atoms with Crippen LogP contribution in [0.5, 0.6) is 5.88 Å². The van der Waals surface area contributed by atoms with Crippen molar-refractivity contribution in [1.29, 1.82) is 0 Å². The van der Waals surface area contributed by atoms with Crippen molar-refractivity contribution >= 4 is 45.5 Å². The predicted octanol–water partition coefficient (Wildman–Crippen LogP) is 4.34. The maximum absolute atomic E-state index is 13.2. The molecule has 0 atom stereocenters. The zero-order valence-corrected chi connectivity index (χ0v) is 14.6. The van der Waals surface area contributed by atoms with Crippen LogP contribution in [0.4, 0.5) is 4.39 Å². The molecule has 0 unspecified atom stereocenters. The largest absolute Gasteiger partial charge is 0.494 e. The average Bonchev–Trinajstić information content (AvgIpc) is 2.70. The van der Waals surface area contributed by atoms with Gasteiger partial charge in [0.05, 0.1) is 9.35 Å². The van der Waals surface area contributed by atoms with Gasteiger partial charge in [-0.3, -0.25) is 9.36 Å². The number of rotatable bonds is 6. The number of hydrogen-bond acceptors (Lipinski definition) is 4. The number of halogens is 2. The Bertz CT molecular complexity index is 757. The summed E-state index contributed by atoms with van der Waals surface area (Å²) >= 11 is 9.61. The Kier molecular flexibility index (Phi) is 5.71. The Morgan fingerprint density at radius 1 is 1.45 bits per heavy atom. The Hall–Kier alpha value is -1.25. The van der Waals surface area contributed by atoms with Gasteiger partial charge in [-0.05, 0) is 52.3 Å². The Labute approximate surface area is 144 Å². The molecule has 2 aromatic rings. The van der Waals surface area contributed by atoms with E-state index >= 15 is 0 Å². The summed E-state index contributed by atoms with van der Waals surface area (Å²) in [6.07, 6.45) is 0.859. The van der Waals surface area contributed by atoms with E-state index in [1.54, 1.807) is 12.1 Å². The third-order valence-electron chi connectivity index (χ3n) is 3.06. The maximum Gasteiger partial charge on any atom is 0.303 e. The molecule has 118 valence electrons. The summed E-state index contributed by atoms with van der Waals surface area (Å²) in [5, 5.41) is 18.9. The van der Waals surface area contributed by atoms with Crippen LogP contribution < -0.4 is 0 Å². The Morgan fingerprint density at radius 3 is 2.82 bits per heavy atom. The molecule has 0 bridgehead atoms. The lowest BCUT2D eigenvalue weighted by Gasteiger charge is -2.05. The fourth-order valence-corrected chi connectivity index (χ4v) is 3.82. The van der Waals surface area contributed by atoms with Gasteiger partial charge < -0.3 is 10.2 Å². The summed E-state index contributed by atoms with van der Waals surface area (Å²) in [6, 6.07) is 4.67. The van der Waals surface area contributed by atoms with Gasteiger partial charge in [-0.25, -0.2) is 4.39 Å². The molecule has 0 aliphatic heterocycles. The molecule has 1 aromatic heterocycles. The van der Waals surface area contributed by atoms with E-state index in [1.807, 2.05) is 0 Å². The van der Waals surface area contributed by atoms with Crippen LogP contribution in [-0.2, 0) is 17.8 Å². The van der Waals surface area contributed by atoms with Crippen molar-refractivity contribution in [3.8, 4) is 5.88 Å². The molecule has 22 heavy (non-hydrogen) atoms. The van der Waals surface area contributed by atoms with E-state index in [0.29, 0.717) is 32.7 Å². The van der Waals surface area contributed by atoms with Gasteiger partial charge in [0, 0.05) is 19.4 Å². The van der Waals surface area contributed by atoms with Gasteiger partial charge >= 0.3 is 5.97 Å². The van der Waals surface area contributed by atoms with E-state index in [9.17, 15) is 14.3 Å². The van der Waals surface area contributed by atoms with E-state index in [2.05, 4.69) is 15.9 Å². The highest BCUT2D eigenvalue weighted by Crippen LogP contribution is 2.30. The van der Waals surface area contributed by atoms with E-state index in [-0.39, 0.29) is 18.1 Å². The van der Waals surface area contributed by atoms with Crippen molar-refractivity contribution in [2.75, 3.05) is 0 Å². The quantitative estimate of drug-likeness (QED) is 0.701. The van der Waals surface area contributed by atoms with Crippen molar-refractivity contribution in [2.24, 2.45) is 0 Å². The molecule has 0 radical (unpaired) electrons. The molecule has 0 saturated heterocycles.